The van der Waals surface area contributed by atoms with Crippen LogP contribution < -0.4 is 0 Å². The molecule has 1 aliphatic rings. The number of likely N-dealkylation sites (tertiary alicyclic amines) is 1. The number of alkyl halides is 1. The van der Waals surface area contributed by atoms with Crippen LogP contribution in [0, 0.1) is 5.92 Å². The molecule has 78 valence electrons. The van der Waals surface area contributed by atoms with Crippen molar-refractivity contribution in [3.05, 3.63) is 0 Å². The molecule has 0 saturated carbocycles. The van der Waals surface area contributed by atoms with Gasteiger partial charge >= 0.3 is 12.1 Å². The van der Waals surface area contributed by atoms with Gasteiger partial charge in [-0.05, 0) is 0 Å². The molecule has 2 atom stereocenters. The molecule has 0 aromatic rings. The van der Waals surface area contributed by atoms with Gasteiger partial charge in [-0.25, -0.2) is 9.18 Å². The SMILES string of the molecule is O=C(O)C1C(=O)CCN(C(=O)O)C1F. The van der Waals surface area contributed by atoms with E-state index in [1.165, 1.54) is 0 Å². The van der Waals surface area contributed by atoms with Gasteiger partial charge in [0.2, 0.25) is 0 Å². The van der Waals surface area contributed by atoms with E-state index in [1.54, 1.807) is 0 Å². The predicted molar refractivity (Wildman–Crippen MR) is 40.4 cm³/mol. The second-order valence-corrected chi connectivity index (χ2v) is 2.88. The first-order valence-corrected chi connectivity index (χ1v) is 3.84. The van der Waals surface area contributed by atoms with Gasteiger partial charge in [0.15, 0.2) is 18.0 Å². The summed E-state index contributed by atoms with van der Waals surface area (Å²) >= 11 is 0. The summed E-state index contributed by atoms with van der Waals surface area (Å²) in [5, 5.41) is 17.0. The number of carbonyl (C=O) groups excluding carboxylic acids is 1. The highest BCUT2D eigenvalue weighted by atomic mass is 19.1. The fourth-order valence-electron chi connectivity index (χ4n) is 1.30. The van der Waals surface area contributed by atoms with Crippen LogP contribution >= 0.6 is 0 Å². The molecule has 0 spiro atoms. The number of nitrogens with zero attached hydrogens (tertiary/aromatic N) is 1. The number of halogens is 1. The van der Waals surface area contributed by atoms with Crippen molar-refractivity contribution in [3.8, 4) is 0 Å². The van der Waals surface area contributed by atoms with Crippen molar-refractivity contribution in [2.45, 2.75) is 12.7 Å². The number of ketones is 1. The topological polar surface area (TPSA) is 94.9 Å². The van der Waals surface area contributed by atoms with E-state index in [9.17, 15) is 18.8 Å². The van der Waals surface area contributed by atoms with Crippen molar-refractivity contribution >= 4 is 17.8 Å². The first kappa shape index (κ1) is 10.4. The van der Waals surface area contributed by atoms with Crippen molar-refractivity contribution < 1.29 is 29.0 Å². The molecule has 0 aliphatic carbocycles. The molecule has 0 aromatic heterocycles. The molecule has 2 N–H and O–H groups in total. The van der Waals surface area contributed by atoms with Crippen LogP contribution in [0.4, 0.5) is 9.18 Å². The van der Waals surface area contributed by atoms with Gasteiger partial charge in [0.25, 0.3) is 0 Å². The Labute approximate surface area is 77.9 Å². The van der Waals surface area contributed by atoms with Crippen LogP contribution in [0.5, 0.6) is 0 Å². The van der Waals surface area contributed by atoms with Crippen LogP contribution in [0.15, 0.2) is 0 Å². The summed E-state index contributed by atoms with van der Waals surface area (Å²) in [4.78, 5) is 32.2. The summed E-state index contributed by atoms with van der Waals surface area (Å²) in [6, 6.07) is 0. The van der Waals surface area contributed by atoms with Gasteiger partial charge in [0.05, 0.1) is 0 Å². The van der Waals surface area contributed by atoms with Crippen LogP contribution in [-0.4, -0.2) is 45.8 Å². The van der Waals surface area contributed by atoms with Crippen molar-refractivity contribution in [1.29, 1.82) is 0 Å². The number of hydrogen-bond acceptors (Lipinski definition) is 3. The molecule has 0 bridgehead atoms. The van der Waals surface area contributed by atoms with E-state index in [2.05, 4.69) is 0 Å². The van der Waals surface area contributed by atoms with Gasteiger partial charge in [-0.2, -0.15) is 0 Å². The smallest absolute Gasteiger partial charge is 0.409 e. The number of aliphatic carboxylic acids is 1. The molecule has 6 nitrogen and oxygen atoms in total. The third-order valence-electron chi connectivity index (χ3n) is 2.03. The highest BCUT2D eigenvalue weighted by Crippen LogP contribution is 2.22. The number of Topliss-reactive ketones (excluding diaryl/α,β-unsaturated/α-hetero) is 1. The molecule has 7 heteroatoms. The number of carboxylic acids is 1. The van der Waals surface area contributed by atoms with Gasteiger partial charge < -0.3 is 10.2 Å². The van der Waals surface area contributed by atoms with E-state index >= 15 is 0 Å². The molecule has 1 saturated heterocycles. The average Bonchev–Trinajstić information content (AvgIpc) is 2.02. The van der Waals surface area contributed by atoms with Crippen molar-refractivity contribution in [2.24, 2.45) is 5.92 Å². The Morgan fingerprint density at radius 2 is 2.00 bits per heavy atom. The Bertz CT molecular complexity index is 292. The van der Waals surface area contributed by atoms with E-state index in [-0.39, 0.29) is 13.0 Å². The lowest BCUT2D eigenvalue weighted by atomic mass is 9.95. The van der Waals surface area contributed by atoms with Crippen LogP contribution in [-0.2, 0) is 9.59 Å². The van der Waals surface area contributed by atoms with Crippen molar-refractivity contribution in [3.63, 3.8) is 0 Å². The Morgan fingerprint density at radius 1 is 1.43 bits per heavy atom. The fraction of sp³-hybridized carbons (Fsp3) is 0.571. The van der Waals surface area contributed by atoms with E-state index in [0.717, 1.165) is 0 Å². The van der Waals surface area contributed by atoms with Gasteiger partial charge in [-0.15, -0.1) is 0 Å². The zero-order chi connectivity index (χ0) is 10.9. The fourth-order valence-corrected chi connectivity index (χ4v) is 1.30. The molecular weight excluding hydrogens is 197 g/mol. The second-order valence-electron chi connectivity index (χ2n) is 2.88. The summed E-state index contributed by atoms with van der Waals surface area (Å²) in [5.41, 5.74) is 0. The van der Waals surface area contributed by atoms with Gasteiger partial charge in [0, 0.05) is 13.0 Å². The molecule has 0 radical (unpaired) electrons. The van der Waals surface area contributed by atoms with Crippen LogP contribution in [0.3, 0.4) is 0 Å². The molecule has 2 unspecified atom stereocenters. The first-order valence-electron chi connectivity index (χ1n) is 3.84. The number of carboxylic acid groups (broad SMARTS) is 2. The Kier molecular flexibility index (Phi) is 2.68. The predicted octanol–water partition coefficient (Wildman–Crippen LogP) is -0.0644. The average molecular weight is 205 g/mol. The maximum atomic E-state index is 13.2. The van der Waals surface area contributed by atoms with Crippen molar-refractivity contribution in [1.82, 2.24) is 4.90 Å². The molecule has 0 aromatic carbocycles. The number of rotatable bonds is 1. The molecule has 1 rings (SSSR count). The number of hydrogen-bond donors (Lipinski definition) is 2. The molecule has 1 aliphatic heterocycles. The largest absolute Gasteiger partial charge is 0.481 e. The third kappa shape index (κ3) is 1.66. The highest BCUT2D eigenvalue weighted by Gasteiger charge is 2.44. The zero-order valence-electron chi connectivity index (χ0n) is 7.01. The Morgan fingerprint density at radius 3 is 2.43 bits per heavy atom. The Balaban J connectivity index is 2.88. The second kappa shape index (κ2) is 3.60. The molecule has 14 heavy (non-hydrogen) atoms. The summed E-state index contributed by atoms with van der Waals surface area (Å²) in [5.74, 6) is -4.30. The quantitative estimate of drug-likeness (QED) is 0.461. The van der Waals surface area contributed by atoms with E-state index in [0.29, 0.717) is 4.90 Å². The minimum absolute atomic E-state index is 0.260. The zero-order valence-corrected chi connectivity index (χ0v) is 7.01. The summed E-state index contributed by atoms with van der Waals surface area (Å²) in [7, 11) is 0. The van der Waals surface area contributed by atoms with Gasteiger partial charge in [-0.1, -0.05) is 0 Å². The van der Waals surface area contributed by atoms with E-state index in [1.807, 2.05) is 0 Å². The summed E-state index contributed by atoms with van der Waals surface area (Å²) in [6.45, 7) is -0.293. The number of amides is 1. The van der Waals surface area contributed by atoms with E-state index in [4.69, 9.17) is 10.2 Å². The minimum atomic E-state index is -2.29. The maximum Gasteiger partial charge on any atom is 0.409 e. The van der Waals surface area contributed by atoms with Gasteiger partial charge in [-0.3, -0.25) is 14.5 Å². The van der Waals surface area contributed by atoms with Crippen LogP contribution in [0.2, 0.25) is 0 Å². The lowest BCUT2D eigenvalue weighted by Crippen LogP contribution is -2.52. The normalized spacial score (nSPS) is 27.5. The third-order valence-corrected chi connectivity index (χ3v) is 2.03. The number of carbonyl (C=O) groups is 3. The lowest BCUT2D eigenvalue weighted by Gasteiger charge is -2.31. The van der Waals surface area contributed by atoms with Crippen LogP contribution in [0.25, 0.3) is 0 Å². The van der Waals surface area contributed by atoms with Crippen molar-refractivity contribution in [2.75, 3.05) is 6.54 Å². The summed E-state index contributed by atoms with van der Waals surface area (Å²) in [6.07, 6.45) is -4.11. The first-order chi connectivity index (χ1) is 6.45. The molecular formula is C7H8FNO5. The monoisotopic (exact) mass is 205 g/mol. The Hall–Kier alpha value is -1.66. The standard InChI is InChI=1S/C7H8FNO5/c8-5-4(6(11)12)3(10)1-2-9(5)7(13)14/h4-5H,1-2H2,(H,11,12)(H,13,14). The highest BCUT2D eigenvalue weighted by molar-refractivity contribution is 6.00. The molecule has 1 fully saturated rings. The molecule has 1 amide bonds. The lowest BCUT2D eigenvalue weighted by molar-refractivity contribution is -0.155. The minimum Gasteiger partial charge on any atom is -0.481 e. The number of piperidine rings is 1. The summed E-state index contributed by atoms with van der Waals surface area (Å²) < 4.78 is 13.2. The van der Waals surface area contributed by atoms with Crippen LogP contribution in [0.1, 0.15) is 6.42 Å². The maximum absolute atomic E-state index is 13.2. The van der Waals surface area contributed by atoms with E-state index < -0.39 is 30.1 Å². The van der Waals surface area contributed by atoms with Gasteiger partial charge in [0.1, 0.15) is 0 Å². The molecule has 1 heterocycles.